The van der Waals surface area contributed by atoms with Crippen LogP contribution in [0.4, 0.5) is 4.79 Å². The SMILES string of the molecule is COc1ccc(CCN2C(=O)N[C@@H](CCC(=O)N[C@@H]3CCS(=O)(=O)C3)C2=O)cc1. The van der Waals surface area contributed by atoms with Gasteiger partial charge in [-0.3, -0.25) is 14.5 Å². The predicted octanol–water partition coefficient (Wildman–Crippen LogP) is 0.242. The van der Waals surface area contributed by atoms with Gasteiger partial charge in [0.1, 0.15) is 11.8 Å². The van der Waals surface area contributed by atoms with E-state index in [1.54, 1.807) is 7.11 Å². The summed E-state index contributed by atoms with van der Waals surface area (Å²) in [5.74, 6) is 0.109. The van der Waals surface area contributed by atoms with E-state index >= 15 is 0 Å². The highest BCUT2D eigenvalue weighted by atomic mass is 32.2. The molecule has 2 N–H and O–H groups in total. The highest BCUT2D eigenvalue weighted by molar-refractivity contribution is 7.91. The maximum atomic E-state index is 12.5. The van der Waals surface area contributed by atoms with Gasteiger partial charge in [0.05, 0.1) is 18.6 Å². The van der Waals surface area contributed by atoms with Crippen LogP contribution in [-0.2, 0) is 25.8 Å². The number of carbonyl (C=O) groups is 3. The molecule has 2 atom stereocenters. The molecule has 0 aromatic heterocycles. The fraction of sp³-hybridized carbons (Fsp3) is 0.526. The van der Waals surface area contributed by atoms with E-state index in [1.807, 2.05) is 24.3 Å². The van der Waals surface area contributed by atoms with Gasteiger partial charge in [-0.25, -0.2) is 13.2 Å². The molecule has 0 aliphatic carbocycles. The van der Waals surface area contributed by atoms with Crippen molar-refractivity contribution in [2.24, 2.45) is 0 Å². The Balaban J connectivity index is 1.45. The number of hydrogen-bond donors (Lipinski definition) is 2. The van der Waals surface area contributed by atoms with E-state index in [0.717, 1.165) is 16.2 Å². The maximum Gasteiger partial charge on any atom is 0.324 e. The molecule has 2 aliphatic rings. The molecule has 0 unspecified atom stereocenters. The van der Waals surface area contributed by atoms with Crippen LogP contribution in [0.15, 0.2) is 24.3 Å². The minimum atomic E-state index is -3.07. The van der Waals surface area contributed by atoms with Crippen molar-refractivity contribution < 1.29 is 27.5 Å². The topological polar surface area (TPSA) is 122 Å². The molecule has 9 nitrogen and oxygen atoms in total. The number of hydrogen-bond acceptors (Lipinski definition) is 6. The molecule has 10 heteroatoms. The number of imide groups is 1. The van der Waals surface area contributed by atoms with Gasteiger partial charge in [-0.05, 0) is 37.0 Å². The van der Waals surface area contributed by atoms with E-state index in [2.05, 4.69) is 10.6 Å². The molecule has 0 radical (unpaired) electrons. The molecule has 0 saturated carbocycles. The Morgan fingerprint density at radius 3 is 2.62 bits per heavy atom. The summed E-state index contributed by atoms with van der Waals surface area (Å²) >= 11 is 0. The highest BCUT2D eigenvalue weighted by Gasteiger charge is 2.37. The summed E-state index contributed by atoms with van der Waals surface area (Å²) in [4.78, 5) is 37.8. The van der Waals surface area contributed by atoms with Gasteiger partial charge in [-0.2, -0.15) is 0 Å². The van der Waals surface area contributed by atoms with Crippen LogP contribution in [0.1, 0.15) is 24.8 Å². The molecule has 1 aromatic rings. The van der Waals surface area contributed by atoms with Crippen LogP contribution in [0.3, 0.4) is 0 Å². The van der Waals surface area contributed by atoms with Crippen LogP contribution in [0.2, 0.25) is 0 Å². The van der Waals surface area contributed by atoms with Gasteiger partial charge in [-0.15, -0.1) is 0 Å². The first-order valence-corrected chi connectivity index (χ1v) is 11.3. The number of carbonyl (C=O) groups excluding carboxylic acids is 3. The fourth-order valence-electron chi connectivity index (χ4n) is 3.50. The minimum Gasteiger partial charge on any atom is -0.497 e. The Morgan fingerprint density at radius 1 is 1.28 bits per heavy atom. The normalized spacial score (nSPS) is 23.1. The van der Waals surface area contributed by atoms with Crippen LogP contribution >= 0.6 is 0 Å². The van der Waals surface area contributed by atoms with Crippen LogP contribution in [0, 0.1) is 0 Å². The van der Waals surface area contributed by atoms with Crippen LogP contribution in [-0.4, -0.2) is 68.4 Å². The molecule has 29 heavy (non-hydrogen) atoms. The summed E-state index contributed by atoms with van der Waals surface area (Å²) in [5.41, 5.74) is 0.973. The highest BCUT2D eigenvalue weighted by Crippen LogP contribution is 2.16. The molecule has 2 heterocycles. The Bertz CT molecular complexity index is 884. The maximum absolute atomic E-state index is 12.5. The third-order valence-corrected chi connectivity index (χ3v) is 6.92. The summed E-state index contributed by atoms with van der Waals surface area (Å²) in [6.07, 6.45) is 1.15. The lowest BCUT2D eigenvalue weighted by Gasteiger charge is -2.14. The smallest absolute Gasteiger partial charge is 0.324 e. The van der Waals surface area contributed by atoms with E-state index in [-0.39, 0.29) is 48.7 Å². The summed E-state index contributed by atoms with van der Waals surface area (Å²) in [7, 11) is -1.49. The summed E-state index contributed by atoms with van der Waals surface area (Å²) in [5, 5.41) is 5.30. The molecular formula is C19H25N3O6S. The number of urea groups is 1. The lowest BCUT2D eigenvalue weighted by Crippen LogP contribution is -2.37. The molecule has 0 bridgehead atoms. The van der Waals surface area contributed by atoms with Crippen molar-refractivity contribution in [3.05, 3.63) is 29.8 Å². The number of methoxy groups -OCH3 is 1. The van der Waals surface area contributed by atoms with Crippen LogP contribution in [0.25, 0.3) is 0 Å². The molecule has 4 amide bonds. The van der Waals surface area contributed by atoms with Crippen LogP contribution in [0.5, 0.6) is 5.75 Å². The van der Waals surface area contributed by atoms with Crippen molar-refractivity contribution in [2.45, 2.75) is 37.8 Å². The monoisotopic (exact) mass is 423 g/mol. The van der Waals surface area contributed by atoms with Gasteiger partial charge < -0.3 is 15.4 Å². The zero-order chi connectivity index (χ0) is 21.0. The van der Waals surface area contributed by atoms with Crippen LogP contribution < -0.4 is 15.4 Å². The molecule has 2 aliphatic heterocycles. The molecule has 1 aromatic carbocycles. The number of rotatable bonds is 8. The minimum absolute atomic E-state index is 0.0412. The Hall–Kier alpha value is -2.62. The summed E-state index contributed by atoms with van der Waals surface area (Å²) in [6, 6.07) is 5.82. The quantitative estimate of drug-likeness (QED) is 0.578. The first kappa shape index (κ1) is 21.1. The molecule has 2 fully saturated rings. The van der Waals surface area contributed by atoms with E-state index in [9.17, 15) is 22.8 Å². The fourth-order valence-corrected chi connectivity index (χ4v) is 5.17. The lowest BCUT2D eigenvalue weighted by molar-refractivity contribution is -0.127. The lowest BCUT2D eigenvalue weighted by atomic mass is 10.1. The van der Waals surface area contributed by atoms with Gasteiger partial charge in [0.25, 0.3) is 5.91 Å². The van der Waals surface area contributed by atoms with E-state index < -0.39 is 21.9 Å². The summed E-state index contributed by atoms with van der Waals surface area (Å²) in [6.45, 7) is 0.250. The van der Waals surface area contributed by atoms with Crippen molar-refractivity contribution in [1.29, 1.82) is 0 Å². The van der Waals surface area contributed by atoms with Crippen molar-refractivity contribution in [2.75, 3.05) is 25.2 Å². The number of nitrogens with one attached hydrogen (secondary N) is 2. The number of sulfone groups is 1. The van der Waals surface area contributed by atoms with Gasteiger partial charge in [0.15, 0.2) is 9.84 Å². The summed E-state index contributed by atoms with van der Waals surface area (Å²) < 4.78 is 28.0. The number of nitrogens with zero attached hydrogens (tertiary/aromatic N) is 1. The number of ether oxygens (including phenoxy) is 1. The first-order chi connectivity index (χ1) is 13.8. The van der Waals surface area contributed by atoms with E-state index in [1.165, 1.54) is 0 Å². The number of amides is 4. The van der Waals surface area contributed by atoms with Crippen molar-refractivity contribution >= 4 is 27.7 Å². The second-order valence-corrected chi connectivity index (χ2v) is 9.52. The Kier molecular flexibility index (Phi) is 6.41. The van der Waals surface area contributed by atoms with Gasteiger partial charge >= 0.3 is 6.03 Å². The third-order valence-electron chi connectivity index (χ3n) is 5.15. The molecule has 0 spiro atoms. The second kappa shape index (κ2) is 8.81. The first-order valence-electron chi connectivity index (χ1n) is 9.52. The van der Waals surface area contributed by atoms with Gasteiger partial charge in [0.2, 0.25) is 5.91 Å². The Morgan fingerprint density at radius 2 is 2.00 bits per heavy atom. The van der Waals surface area contributed by atoms with Crippen molar-refractivity contribution in [1.82, 2.24) is 15.5 Å². The Labute approximate surface area is 169 Å². The zero-order valence-electron chi connectivity index (χ0n) is 16.2. The zero-order valence-corrected chi connectivity index (χ0v) is 17.0. The standard InChI is InChI=1S/C19H25N3O6S/c1-28-15-4-2-13(3-5-15)8-10-22-18(24)16(21-19(22)25)6-7-17(23)20-14-9-11-29(26,27)12-14/h2-5,14,16H,6-12H2,1H3,(H,20,23)(H,21,25)/t14-,16+/m1/s1. The predicted molar refractivity (Wildman–Crippen MR) is 105 cm³/mol. The molecule has 158 valence electrons. The molecular weight excluding hydrogens is 398 g/mol. The van der Waals surface area contributed by atoms with E-state index in [4.69, 9.17) is 4.74 Å². The largest absolute Gasteiger partial charge is 0.497 e. The van der Waals surface area contributed by atoms with Crippen molar-refractivity contribution in [3.63, 3.8) is 0 Å². The van der Waals surface area contributed by atoms with Gasteiger partial charge in [0, 0.05) is 19.0 Å². The molecule has 2 saturated heterocycles. The second-order valence-electron chi connectivity index (χ2n) is 7.30. The van der Waals surface area contributed by atoms with Gasteiger partial charge in [-0.1, -0.05) is 12.1 Å². The average molecular weight is 423 g/mol. The molecule has 3 rings (SSSR count). The average Bonchev–Trinajstić information content (AvgIpc) is 3.16. The van der Waals surface area contributed by atoms with Crippen molar-refractivity contribution in [3.8, 4) is 5.75 Å². The number of benzene rings is 1. The third kappa shape index (κ3) is 5.47. The van der Waals surface area contributed by atoms with E-state index in [0.29, 0.717) is 12.8 Å².